The largest absolute Gasteiger partial charge is 0.484 e. The maximum Gasteiger partial charge on any atom is 0.258 e. The first kappa shape index (κ1) is 21.6. The van der Waals surface area contributed by atoms with E-state index in [1.807, 2.05) is 36.4 Å². The Morgan fingerprint density at radius 2 is 1.71 bits per heavy atom. The van der Waals surface area contributed by atoms with Gasteiger partial charge in [-0.15, -0.1) is 0 Å². The summed E-state index contributed by atoms with van der Waals surface area (Å²) in [5.74, 6) is 2.09. The van der Waals surface area contributed by atoms with Gasteiger partial charge in [0.05, 0.1) is 18.1 Å². The first-order valence-electron chi connectivity index (χ1n) is 11.2. The fourth-order valence-electron chi connectivity index (χ4n) is 3.89. The maximum atomic E-state index is 12.1. The molecule has 3 aromatic heterocycles. The molecule has 1 amide bonds. The number of piperazine rings is 1. The molecule has 1 N–H and O–H groups in total. The summed E-state index contributed by atoms with van der Waals surface area (Å²) in [5.41, 5.74) is 0.744. The zero-order valence-electron chi connectivity index (χ0n) is 18.6. The van der Waals surface area contributed by atoms with Crippen molar-refractivity contribution in [3.05, 3.63) is 61.3 Å². The third-order valence-electron chi connectivity index (χ3n) is 5.59. The monoisotopic (exact) mass is 459 g/mol. The van der Waals surface area contributed by atoms with Crippen LogP contribution in [0.3, 0.4) is 0 Å². The molecule has 4 aromatic rings. The van der Waals surface area contributed by atoms with Gasteiger partial charge in [-0.2, -0.15) is 5.10 Å². The number of aromatic nitrogens is 6. The van der Waals surface area contributed by atoms with Crippen molar-refractivity contribution in [2.24, 2.45) is 0 Å². The second-order valence-corrected chi connectivity index (χ2v) is 7.78. The zero-order chi connectivity index (χ0) is 23.2. The number of amides is 1. The Bertz CT molecular complexity index is 1230. The topological polar surface area (TPSA) is 114 Å². The first-order chi connectivity index (χ1) is 16.8. The van der Waals surface area contributed by atoms with Crippen molar-refractivity contribution in [2.75, 3.05) is 49.1 Å². The molecular formula is C23H25N9O2. The molecule has 1 aliphatic rings. The van der Waals surface area contributed by atoms with Crippen LogP contribution in [0.4, 0.5) is 11.8 Å². The zero-order valence-corrected chi connectivity index (χ0v) is 18.6. The van der Waals surface area contributed by atoms with E-state index < -0.39 is 0 Å². The molecule has 0 bridgehead atoms. The number of nitrogens with zero attached hydrogens (tertiary/aromatic N) is 8. The van der Waals surface area contributed by atoms with Crippen LogP contribution < -0.4 is 19.9 Å². The van der Waals surface area contributed by atoms with Crippen molar-refractivity contribution < 1.29 is 9.53 Å². The third-order valence-corrected chi connectivity index (χ3v) is 5.59. The number of benzene rings is 1. The Morgan fingerprint density at radius 3 is 2.50 bits per heavy atom. The van der Waals surface area contributed by atoms with Gasteiger partial charge in [-0.1, -0.05) is 18.2 Å². The number of carbonyl (C=O) groups is 1. The molecule has 0 radical (unpaired) electrons. The minimum Gasteiger partial charge on any atom is -0.484 e. The summed E-state index contributed by atoms with van der Waals surface area (Å²) in [6.45, 7) is 4.09. The lowest BCUT2D eigenvalue weighted by Crippen LogP contribution is -2.47. The lowest BCUT2D eigenvalue weighted by Gasteiger charge is -2.35. The highest BCUT2D eigenvalue weighted by Gasteiger charge is 2.22. The van der Waals surface area contributed by atoms with Crippen molar-refractivity contribution in [1.29, 1.82) is 0 Å². The van der Waals surface area contributed by atoms with Crippen LogP contribution in [0, 0.1) is 0 Å². The average Bonchev–Trinajstić information content (AvgIpc) is 3.32. The van der Waals surface area contributed by atoms with Crippen LogP contribution in [0.15, 0.2) is 61.3 Å². The minimum absolute atomic E-state index is 0.0316. The number of fused-ring (bicyclic) bond motifs is 1. The fraction of sp³-hybridized carbons (Fsp3) is 0.304. The standard InChI is InChI=1S/C23H25N9O2/c33-20(16-34-18-5-2-1-3-6-18)24-9-10-32-22-19(15-29-32)21(27-17-28-22)30-11-13-31(14-12-30)23-25-7-4-8-26-23/h1-8,15,17H,9-14,16H2,(H,24,33). The minimum atomic E-state index is -0.184. The van der Waals surface area contributed by atoms with Gasteiger partial charge in [0.15, 0.2) is 12.3 Å². The summed E-state index contributed by atoms with van der Waals surface area (Å²) in [4.78, 5) is 34.1. The van der Waals surface area contributed by atoms with Crippen LogP contribution >= 0.6 is 0 Å². The van der Waals surface area contributed by atoms with Gasteiger partial charge in [0.25, 0.3) is 5.91 Å². The lowest BCUT2D eigenvalue weighted by atomic mass is 10.3. The lowest BCUT2D eigenvalue weighted by molar-refractivity contribution is -0.123. The summed E-state index contributed by atoms with van der Waals surface area (Å²) in [5, 5.41) is 8.23. The van der Waals surface area contributed by atoms with Gasteiger partial charge >= 0.3 is 0 Å². The van der Waals surface area contributed by atoms with E-state index in [4.69, 9.17) is 4.74 Å². The van der Waals surface area contributed by atoms with E-state index in [0.717, 1.165) is 49.0 Å². The SMILES string of the molecule is O=C(COc1ccccc1)NCCn1ncc2c(N3CCN(c4ncccn4)CC3)ncnc21. The van der Waals surface area contributed by atoms with Crippen LogP contribution in [0.25, 0.3) is 11.0 Å². The Labute approximate surface area is 196 Å². The van der Waals surface area contributed by atoms with E-state index in [2.05, 4.69) is 40.2 Å². The normalized spacial score (nSPS) is 13.8. The Morgan fingerprint density at radius 1 is 0.941 bits per heavy atom. The van der Waals surface area contributed by atoms with Crippen molar-refractivity contribution in [2.45, 2.75) is 6.54 Å². The van der Waals surface area contributed by atoms with Crippen molar-refractivity contribution >= 4 is 28.7 Å². The summed E-state index contributed by atoms with van der Waals surface area (Å²) in [7, 11) is 0. The summed E-state index contributed by atoms with van der Waals surface area (Å²) < 4.78 is 7.26. The molecular weight excluding hydrogens is 434 g/mol. The van der Waals surface area contributed by atoms with Gasteiger partial charge in [0.2, 0.25) is 5.95 Å². The number of para-hydroxylation sites is 1. The van der Waals surface area contributed by atoms with Gasteiger partial charge in [-0.25, -0.2) is 24.6 Å². The Kier molecular flexibility index (Phi) is 6.41. The number of rotatable bonds is 8. The molecule has 0 aliphatic carbocycles. The van der Waals surface area contributed by atoms with Crippen LogP contribution in [0.2, 0.25) is 0 Å². The molecule has 174 valence electrons. The first-order valence-corrected chi connectivity index (χ1v) is 11.2. The molecule has 0 saturated carbocycles. The fourth-order valence-corrected chi connectivity index (χ4v) is 3.89. The van der Waals surface area contributed by atoms with Crippen LogP contribution in [0.5, 0.6) is 5.75 Å². The predicted octanol–water partition coefficient (Wildman–Crippen LogP) is 1.14. The number of ether oxygens (including phenoxy) is 1. The van der Waals surface area contributed by atoms with E-state index in [-0.39, 0.29) is 12.5 Å². The third kappa shape index (κ3) is 4.87. The maximum absolute atomic E-state index is 12.1. The van der Waals surface area contributed by atoms with Crippen LogP contribution in [-0.2, 0) is 11.3 Å². The van der Waals surface area contributed by atoms with Crippen molar-refractivity contribution in [3.63, 3.8) is 0 Å². The van der Waals surface area contributed by atoms with E-state index in [1.165, 1.54) is 0 Å². The van der Waals surface area contributed by atoms with Crippen LogP contribution in [-0.4, -0.2) is 75.0 Å². The highest BCUT2D eigenvalue weighted by molar-refractivity contribution is 5.86. The molecule has 11 nitrogen and oxygen atoms in total. The number of hydrogen-bond donors (Lipinski definition) is 1. The summed E-state index contributed by atoms with van der Waals surface area (Å²) >= 11 is 0. The predicted molar refractivity (Wildman–Crippen MR) is 127 cm³/mol. The summed E-state index contributed by atoms with van der Waals surface area (Å²) in [6, 6.07) is 11.1. The highest BCUT2D eigenvalue weighted by Crippen LogP contribution is 2.24. The van der Waals surface area contributed by atoms with Crippen LogP contribution in [0.1, 0.15) is 0 Å². The molecule has 1 fully saturated rings. The van der Waals surface area contributed by atoms with Crippen molar-refractivity contribution in [1.82, 2.24) is 35.0 Å². The van der Waals surface area contributed by atoms with E-state index in [9.17, 15) is 4.79 Å². The molecule has 1 aliphatic heterocycles. The Hall–Kier alpha value is -4.28. The number of anilines is 2. The molecule has 0 spiro atoms. The second kappa shape index (κ2) is 10.1. The molecule has 11 heteroatoms. The molecule has 5 rings (SSSR count). The van der Waals surface area contributed by atoms with E-state index >= 15 is 0 Å². The molecule has 0 unspecified atom stereocenters. The Balaban J connectivity index is 1.16. The molecule has 1 aromatic carbocycles. The van der Waals surface area contributed by atoms with Gasteiger partial charge in [0, 0.05) is 45.1 Å². The van der Waals surface area contributed by atoms with E-state index in [0.29, 0.717) is 18.8 Å². The average molecular weight is 460 g/mol. The molecule has 34 heavy (non-hydrogen) atoms. The highest BCUT2D eigenvalue weighted by atomic mass is 16.5. The van der Waals surface area contributed by atoms with Gasteiger partial charge < -0.3 is 19.9 Å². The molecule has 1 saturated heterocycles. The second-order valence-electron chi connectivity index (χ2n) is 7.78. The quantitative estimate of drug-likeness (QED) is 0.414. The van der Waals surface area contributed by atoms with E-state index in [1.54, 1.807) is 29.6 Å². The molecule has 0 atom stereocenters. The van der Waals surface area contributed by atoms with Crippen molar-refractivity contribution in [3.8, 4) is 5.75 Å². The summed E-state index contributed by atoms with van der Waals surface area (Å²) in [6.07, 6.45) is 6.87. The number of hydrogen-bond acceptors (Lipinski definition) is 9. The van der Waals surface area contributed by atoms with Gasteiger partial charge in [-0.3, -0.25) is 4.79 Å². The van der Waals surface area contributed by atoms with Gasteiger partial charge in [-0.05, 0) is 18.2 Å². The molecule has 4 heterocycles. The number of carbonyl (C=O) groups excluding carboxylic acids is 1. The smallest absolute Gasteiger partial charge is 0.258 e. The van der Waals surface area contributed by atoms with Gasteiger partial charge in [0.1, 0.15) is 17.9 Å². The number of nitrogens with one attached hydrogen (secondary N) is 1.